The maximum absolute atomic E-state index is 14.5. The molecule has 10 nitrogen and oxygen atoms in total. The summed E-state index contributed by atoms with van der Waals surface area (Å²) in [6.45, 7) is 1.17. The molecule has 1 aromatic carbocycles. The van der Waals surface area contributed by atoms with Crippen LogP contribution in [0.25, 0.3) is 55.8 Å². The number of aromatic nitrogens is 8. The van der Waals surface area contributed by atoms with Gasteiger partial charge in [-0.3, -0.25) is 20.2 Å². The van der Waals surface area contributed by atoms with Gasteiger partial charge < -0.3 is 14.6 Å². The van der Waals surface area contributed by atoms with Gasteiger partial charge in [-0.1, -0.05) is 0 Å². The average Bonchev–Trinajstić information content (AvgIpc) is 3.62. The van der Waals surface area contributed by atoms with E-state index in [1.807, 2.05) is 25.1 Å². The lowest BCUT2D eigenvalue weighted by Gasteiger charge is -2.12. The lowest BCUT2D eigenvalue weighted by molar-refractivity contribution is 0.260. The Morgan fingerprint density at radius 1 is 1.00 bits per heavy atom. The van der Waals surface area contributed by atoms with Gasteiger partial charge in [0, 0.05) is 41.5 Å². The van der Waals surface area contributed by atoms with Crippen LogP contribution in [0.1, 0.15) is 0 Å². The first-order chi connectivity index (χ1) is 17.5. The highest BCUT2D eigenvalue weighted by molar-refractivity contribution is 5.97. The van der Waals surface area contributed by atoms with Crippen LogP contribution in [0, 0.1) is 5.82 Å². The van der Waals surface area contributed by atoms with Gasteiger partial charge >= 0.3 is 0 Å². The van der Waals surface area contributed by atoms with E-state index in [2.05, 4.69) is 35.3 Å². The van der Waals surface area contributed by atoms with E-state index in [1.165, 1.54) is 12.1 Å². The summed E-state index contributed by atoms with van der Waals surface area (Å²) in [5, 5.41) is 15.1. The third-order valence-corrected chi connectivity index (χ3v) is 5.85. The van der Waals surface area contributed by atoms with E-state index in [0.717, 1.165) is 28.7 Å². The van der Waals surface area contributed by atoms with Gasteiger partial charge in [-0.15, -0.1) is 0 Å². The molecule has 0 radical (unpaired) electrons. The van der Waals surface area contributed by atoms with Crippen LogP contribution >= 0.6 is 0 Å². The summed E-state index contributed by atoms with van der Waals surface area (Å²) >= 11 is 0. The van der Waals surface area contributed by atoms with Crippen molar-refractivity contribution in [1.82, 2.24) is 45.2 Å². The molecule has 6 rings (SSSR count). The molecule has 0 saturated carbocycles. The van der Waals surface area contributed by atoms with Crippen LogP contribution in [0.5, 0.6) is 5.75 Å². The Morgan fingerprint density at radius 3 is 2.75 bits per heavy atom. The van der Waals surface area contributed by atoms with Crippen LogP contribution in [0.4, 0.5) is 4.39 Å². The Balaban J connectivity index is 1.41. The van der Waals surface area contributed by atoms with E-state index < -0.39 is 5.82 Å². The van der Waals surface area contributed by atoms with Gasteiger partial charge in [0.15, 0.2) is 5.82 Å². The Kier molecular flexibility index (Phi) is 5.38. The molecule has 0 aliphatic heterocycles. The van der Waals surface area contributed by atoms with Gasteiger partial charge in [-0.05, 0) is 37.9 Å². The van der Waals surface area contributed by atoms with Gasteiger partial charge in [0.2, 0.25) is 0 Å². The van der Waals surface area contributed by atoms with Crippen molar-refractivity contribution in [3.63, 3.8) is 0 Å². The van der Waals surface area contributed by atoms with Crippen molar-refractivity contribution in [3.05, 3.63) is 61.1 Å². The molecule has 0 saturated heterocycles. The normalized spacial score (nSPS) is 11.7. The molecule has 0 atom stereocenters. The molecule has 0 aliphatic rings. The second-order valence-electron chi connectivity index (χ2n) is 8.67. The Morgan fingerprint density at radius 2 is 1.92 bits per heavy atom. The second kappa shape index (κ2) is 8.86. The summed E-state index contributed by atoms with van der Waals surface area (Å²) < 4.78 is 20.3. The number of ether oxygens (including phenoxy) is 1. The molecule has 0 bridgehead atoms. The standard InChI is InChI=1S/C25H22FN9O/c1-35(2)3-4-36-17-6-14(5-16(26)7-17)19-11-27-12-22-23(19)32-25(31-22)24-18-8-20(15-9-29-30-10-15)28-13-21(18)33-34-24/h5-13H,3-4H2,1-2H3,(H,29,30)(H,31,32)(H,33,34). The van der Waals surface area contributed by atoms with Crippen molar-refractivity contribution < 1.29 is 9.13 Å². The number of pyridine rings is 2. The SMILES string of the molecule is CN(C)CCOc1cc(F)cc(-c2cncc3[nH]c(-c4n[nH]c5cnc(-c6cn[nH]c6)cc45)nc23)c1. The van der Waals surface area contributed by atoms with Crippen molar-refractivity contribution in [2.24, 2.45) is 0 Å². The maximum Gasteiger partial charge on any atom is 0.159 e. The fourth-order valence-corrected chi connectivity index (χ4v) is 4.05. The maximum atomic E-state index is 14.5. The number of benzene rings is 1. The predicted molar refractivity (Wildman–Crippen MR) is 134 cm³/mol. The lowest BCUT2D eigenvalue weighted by atomic mass is 10.1. The van der Waals surface area contributed by atoms with Crippen LogP contribution in [-0.2, 0) is 0 Å². The number of likely N-dealkylation sites (N-methyl/N-ethyl adjacent to an activating group) is 1. The minimum Gasteiger partial charge on any atom is -0.492 e. The molecule has 36 heavy (non-hydrogen) atoms. The van der Waals surface area contributed by atoms with Crippen LogP contribution in [0.15, 0.2) is 55.2 Å². The number of nitrogens with zero attached hydrogens (tertiary/aromatic N) is 6. The van der Waals surface area contributed by atoms with E-state index >= 15 is 0 Å². The van der Waals surface area contributed by atoms with Gasteiger partial charge in [-0.25, -0.2) is 9.37 Å². The molecule has 0 amide bonds. The number of hydrogen-bond acceptors (Lipinski definition) is 7. The van der Waals surface area contributed by atoms with E-state index in [4.69, 9.17) is 9.72 Å². The van der Waals surface area contributed by atoms with E-state index in [-0.39, 0.29) is 0 Å². The summed E-state index contributed by atoms with van der Waals surface area (Å²) in [5.74, 6) is 0.628. The topological polar surface area (TPSA) is 124 Å². The zero-order chi connectivity index (χ0) is 24.6. The van der Waals surface area contributed by atoms with Crippen LogP contribution in [-0.4, -0.2) is 72.5 Å². The highest BCUT2D eigenvalue weighted by atomic mass is 19.1. The molecule has 0 fully saturated rings. The molecule has 3 N–H and O–H groups in total. The zero-order valence-corrected chi connectivity index (χ0v) is 19.6. The summed E-state index contributed by atoms with van der Waals surface area (Å²) in [7, 11) is 3.92. The van der Waals surface area contributed by atoms with Gasteiger partial charge in [0.1, 0.15) is 23.9 Å². The fraction of sp³-hybridized carbons (Fsp3) is 0.160. The molecule has 5 aromatic heterocycles. The predicted octanol–water partition coefficient (Wildman–Crippen LogP) is 4.03. The summed E-state index contributed by atoms with van der Waals surface area (Å²) in [6, 6.07) is 6.58. The highest BCUT2D eigenvalue weighted by Gasteiger charge is 2.17. The van der Waals surface area contributed by atoms with Gasteiger partial charge in [-0.2, -0.15) is 10.2 Å². The second-order valence-corrected chi connectivity index (χ2v) is 8.67. The summed E-state index contributed by atoms with van der Waals surface area (Å²) in [6.07, 6.45) is 8.59. The zero-order valence-electron chi connectivity index (χ0n) is 19.6. The average molecular weight is 484 g/mol. The molecule has 6 aromatic rings. The van der Waals surface area contributed by atoms with Gasteiger partial charge in [0.25, 0.3) is 0 Å². The Hall–Kier alpha value is -4.64. The Bertz CT molecular complexity index is 1670. The van der Waals surface area contributed by atoms with Crippen molar-refractivity contribution >= 4 is 21.9 Å². The minimum absolute atomic E-state index is 0.391. The first kappa shape index (κ1) is 21.9. The fourth-order valence-electron chi connectivity index (χ4n) is 4.05. The third kappa shape index (κ3) is 4.05. The summed E-state index contributed by atoms with van der Waals surface area (Å²) in [5.41, 5.74) is 5.74. The minimum atomic E-state index is -0.391. The van der Waals surface area contributed by atoms with E-state index in [0.29, 0.717) is 46.0 Å². The number of halogens is 1. The molecule has 5 heterocycles. The summed E-state index contributed by atoms with van der Waals surface area (Å²) in [4.78, 5) is 19.0. The van der Waals surface area contributed by atoms with Crippen LogP contribution in [0.2, 0.25) is 0 Å². The molecule has 180 valence electrons. The number of fused-ring (bicyclic) bond motifs is 2. The van der Waals surface area contributed by atoms with E-state index in [9.17, 15) is 4.39 Å². The molecule has 11 heteroatoms. The third-order valence-electron chi connectivity index (χ3n) is 5.85. The quantitative estimate of drug-likeness (QED) is 0.313. The molecular formula is C25H22FN9O. The lowest BCUT2D eigenvalue weighted by Crippen LogP contribution is -2.19. The van der Waals surface area contributed by atoms with E-state index in [1.54, 1.807) is 37.1 Å². The van der Waals surface area contributed by atoms with Crippen molar-refractivity contribution in [2.45, 2.75) is 0 Å². The Labute approximate surface area is 204 Å². The van der Waals surface area contributed by atoms with Crippen LogP contribution < -0.4 is 4.74 Å². The van der Waals surface area contributed by atoms with Crippen molar-refractivity contribution in [2.75, 3.05) is 27.2 Å². The number of nitrogens with one attached hydrogen (secondary N) is 3. The monoisotopic (exact) mass is 483 g/mol. The number of imidazole rings is 1. The molecule has 0 unspecified atom stereocenters. The molecule has 0 spiro atoms. The first-order valence-electron chi connectivity index (χ1n) is 11.3. The number of aromatic amines is 3. The largest absolute Gasteiger partial charge is 0.492 e. The van der Waals surface area contributed by atoms with Crippen molar-refractivity contribution in [1.29, 1.82) is 0 Å². The van der Waals surface area contributed by atoms with Crippen molar-refractivity contribution in [3.8, 4) is 39.7 Å². The smallest absolute Gasteiger partial charge is 0.159 e. The van der Waals surface area contributed by atoms with Crippen LogP contribution in [0.3, 0.4) is 0 Å². The highest BCUT2D eigenvalue weighted by Crippen LogP contribution is 2.33. The number of hydrogen-bond donors (Lipinski definition) is 3. The molecular weight excluding hydrogens is 461 g/mol. The number of rotatable bonds is 7. The van der Waals surface area contributed by atoms with Gasteiger partial charge in [0.05, 0.1) is 40.8 Å². The first-order valence-corrected chi connectivity index (χ1v) is 11.3. The molecule has 0 aliphatic carbocycles. The number of H-pyrrole nitrogens is 3.